The molecule has 3 rings (SSSR count). The summed E-state index contributed by atoms with van der Waals surface area (Å²) in [5.74, 6) is -0.251. The SMILES string of the molecule is CCOc1c(Br)cc(/C=C2\C(=O)NC(=S)N(c3ccc(Cl)cc3Cl)C2=O)cc1OC. The van der Waals surface area contributed by atoms with E-state index in [1.807, 2.05) is 6.92 Å². The van der Waals surface area contributed by atoms with E-state index in [0.717, 1.165) is 4.90 Å². The fourth-order valence-corrected chi connectivity index (χ4v) is 4.15. The zero-order valence-corrected chi connectivity index (χ0v) is 19.7. The highest BCUT2D eigenvalue weighted by Crippen LogP contribution is 2.38. The molecule has 1 saturated heterocycles. The predicted molar refractivity (Wildman–Crippen MR) is 125 cm³/mol. The number of methoxy groups -OCH3 is 1. The molecule has 0 spiro atoms. The van der Waals surface area contributed by atoms with Gasteiger partial charge in [0.05, 0.1) is 28.9 Å². The normalized spacial score (nSPS) is 15.4. The molecule has 0 radical (unpaired) electrons. The summed E-state index contributed by atoms with van der Waals surface area (Å²) >= 11 is 20.8. The molecular formula is C20H15BrCl2N2O4S. The van der Waals surface area contributed by atoms with Gasteiger partial charge in [0.2, 0.25) is 0 Å². The van der Waals surface area contributed by atoms with Crippen molar-refractivity contribution in [3.63, 3.8) is 0 Å². The van der Waals surface area contributed by atoms with Crippen LogP contribution in [-0.2, 0) is 9.59 Å². The second-order valence-corrected chi connectivity index (χ2v) is 8.11. The molecule has 0 atom stereocenters. The molecule has 2 aromatic rings. The first-order valence-electron chi connectivity index (χ1n) is 8.63. The van der Waals surface area contributed by atoms with Crippen molar-refractivity contribution in [2.24, 2.45) is 0 Å². The quantitative estimate of drug-likeness (QED) is 0.335. The van der Waals surface area contributed by atoms with Crippen molar-refractivity contribution in [1.29, 1.82) is 0 Å². The molecule has 1 aliphatic heterocycles. The number of anilines is 1. The van der Waals surface area contributed by atoms with Crippen LogP contribution in [0.15, 0.2) is 40.4 Å². The van der Waals surface area contributed by atoms with Crippen molar-refractivity contribution in [1.82, 2.24) is 5.32 Å². The molecule has 0 aliphatic carbocycles. The molecule has 30 heavy (non-hydrogen) atoms. The van der Waals surface area contributed by atoms with E-state index < -0.39 is 11.8 Å². The van der Waals surface area contributed by atoms with Gasteiger partial charge in [-0.05, 0) is 77.0 Å². The third kappa shape index (κ3) is 4.46. The topological polar surface area (TPSA) is 67.9 Å². The van der Waals surface area contributed by atoms with Crippen LogP contribution in [0.3, 0.4) is 0 Å². The van der Waals surface area contributed by atoms with Crippen LogP contribution < -0.4 is 19.7 Å². The van der Waals surface area contributed by atoms with Gasteiger partial charge < -0.3 is 9.47 Å². The van der Waals surface area contributed by atoms with Crippen LogP contribution in [0.5, 0.6) is 11.5 Å². The highest BCUT2D eigenvalue weighted by atomic mass is 79.9. The van der Waals surface area contributed by atoms with E-state index in [1.165, 1.54) is 19.3 Å². The van der Waals surface area contributed by atoms with Crippen molar-refractivity contribution in [3.8, 4) is 11.5 Å². The lowest BCUT2D eigenvalue weighted by atomic mass is 10.1. The van der Waals surface area contributed by atoms with Crippen molar-refractivity contribution >= 4 is 80.0 Å². The van der Waals surface area contributed by atoms with Gasteiger partial charge in [0.1, 0.15) is 5.57 Å². The molecule has 6 nitrogen and oxygen atoms in total. The van der Waals surface area contributed by atoms with Crippen LogP contribution in [0.2, 0.25) is 10.0 Å². The molecule has 0 bridgehead atoms. The summed E-state index contributed by atoms with van der Waals surface area (Å²) in [4.78, 5) is 26.8. The average Bonchev–Trinajstić information content (AvgIpc) is 2.68. The van der Waals surface area contributed by atoms with Crippen LogP contribution in [0, 0.1) is 0 Å². The number of hydrogen-bond donors (Lipinski definition) is 1. The lowest BCUT2D eigenvalue weighted by Gasteiger charge is -2.29. The number of halogens is 3. The van der Waals surface area contributed by atoms with Crippen molar-refractivity contribution in [3.05, 3.63) is 56.0 Å². The van der Waals surface area contributed by atoms with Crippen LogP contribution in [0.4, 0.5) is 5.69 Å². The molecule has 1 aliphatic rings. The Balaban J connectivity index is 2.06. The highest BCUT2D eigenvalue weighted by Gasteiger charge is 2.35. The lowest BCUT2D eigenvalue weighted by Crippen LogP contribution is -2.54. The Hall–Kier alpha value is -2.13. The minimum absolute atomic E-state index is 0.0724. The van der Waals surface area contributed by atoms with Crippen LogP contribution in [0.25, 0.3) is 6.08 Å². The number of amides is 2. The van der Waals surface area contributed by atoms with E-state index in [-0.39, 0.29) is 15.7 Å². The van der Waals surface area contributed by atoms with Gasteiger partial charge in [-0.3, -0.25) is 19.8 Å². The predicted octanol–water partition coefficient (Wildman–Crippen LogP) is 4.99. The number of benzene rings is 2. The van der Waals surface area contributed by atoms with Gasteiger partial charge in [0, 0.05) is 5.02 Å². The zero-order chi connectivity index (χ0) is 22.0. The fourth-order valence-electron chi connectivity index (χ4n) is 2.81. The summed E-state index contributed by atoms with van der Waals surface area (Å²) in [6.45, 7) is 2.30. The third-order valence-electron chi connectivity index (χ3n) is 4.10. The lowest BCUT2D eigenvalue weighted by molar-refractivity contribution is -0.122. The smallest absolute Gasteiger partial charge is 0.270 e. The number of nitrogens with zero attached hydrogens (tertiary/aromatic N) is 1. The second-order valence-electron chi connectivity index (χ2n) is 6.02. The first-order valence-corrected chi connectivity index (χ1v) is 10.6. The van der Waals surface area contributed by atoms with Gasteiger partial charge in [-0.15, -0.1) is 0 Å². The van der Waals surface area contributed by atoms with E-state index in [2.05, 4.69) is 21.2 Å². The maximum absolute atomic E-state index is 13.1. The molecule has 1 N–H and O–H groups in total. The molecule has 0 unspecified atom stereocenters. The van der Waals surface area contributed by atoms with E-state index in [4.69, 9.17) is 44.9 Å². The maximum atomic E-state index is 13.1. The Morgan fingerprint density at radius 2 is 1.97 bits per heavy atom. The zero-order valence-electron chi connectivity index (χ0n) is 15.8. The number of ether oxygens (including phenoxy) is 2. The van der Waals surface area contributed by atoms with Gasteiger partial charge in [-0.2, -0.15) is 0 Å². The van der Waals surface area contributed by atoms with Gasteiger partial charge in [0.15, 0.2) is 16.6 Å². The average molecular weight is 530 g/mol. The first kappa shape index (κ1) is 22.6. The third-order valence-corrected chi connectivity index (χ3v) is 5.52. The van der Waals surface area contributed by atoms with Gasteiger partial charge in [0.25, 0.3) is 11.8 Å². The molecule has 2 amide bonds. The monoisotopic (exact) mass is 528 g/mol. The summed E-state index contributed by atoms with van der Waals surface area (Å²) in [5, 5.41) is 3.07. The Morgan fingerprint density at radius 1 is 1.23 bits per heavy atom. The summed E-state index contributed by atoms with van der Waals surface area (Å²) in [6, 6.07) is 8.00. The number of hydrogen-bond acceptors (Lipinski definition) is 5. The van der Waals surface area contributed by atoms with Crippen molar-refractivity contribution in [2.75, 3.05) is 18.6 Å². The van der Waals surface area contributed by atoms with E-state index >= 15 is 0 Å². The number of rotatable bonds is 5. The molecule has 1 heterocycles. The summed E-state index contributed by atoms with van der Waals surface area (Å²) < 4.78 is 11.6. The molecule has 2 aromatic carbocycles. The summed E-state index contributed by atoms with van der Waals surface area (Å²) in [6.07, 6.45) is 1.44. The van der Waals surface area contributed by atoms with Gasteiger partial charge in [-0.1, -0.05) is 23.2 Å². The maximum Gasteiger partial charge on any atom is 0.270 e. The number of nitrogens with one attached hydrogen (secondary N) is 1. The molecule has 0 aromatic heterocycles. The Kier molecular flexibility index (Phi) is 7.02. The Morgan fingerprint density at radius 3 is 2.60 bits per heavy atom. The van der Waals surface area contributed by atoms with Crippen LogP contribution in [-0.4, -0.2) is 30.6 Å². The second kappa shape index (κ2) is 9.34. The largest absolute Gasteiger partial charge is 0.493 e. The van der Waals surface area contributed by atoms with Gasteiger partial charge in [-0.25, -0.2) is 0 Å². The van der Waals surface area contributed by atoms with Gasteiger partial charge >= 0.3 is 0 Å². The fraction of sp³-hybridized carbons (Fsp3) is 0.150. The minimum Gasteiger partial charge on any atom is -0.493 e. The molecule has 10 heteroatoms. The van der Waals surface area contributed by atoms with Crippen LogP contribution >= 0.6 is 51.3 Å². The van der Waals surface area contributed by atoms with E-state index in [0.29, 0.717) is 38.9 Å². The van der Waals surface area contributed by atoms with Crippen LogP contribution in [0.1, 0.15) is 12.5 Å². The first-order chi connectivity index (χ1) is 14.3. The van der Waals surface area contributed by atoms with E-state index in [1.54, 1.807) is 24.3 Å². The number of thiocarbonyl (C=S) groups is 1. The van der Waals surface area contributed by atoms with Crippen molar-refractivity contribution < 1.29 is 19.1 Å². The molecule has 0 saturated carbocycles. The highest BCUT2D eigenvalue weighted by molar-refractivity contribution is 9.10. The summed E-state index contributed by atoms with van der Waals surface area (Å²) in [7, 11) is 1.50. The molecular weight excluding hydrogens is 515 g/mol. The molecule has 1 fully saturated rings. The molecule has 156 valence electrons. The number of carbonyl (C=O) groups excluding carboxylic acids is 2. The number of carbonyl (C=O) groups is 2. The summed E-state index contributed by atoms with van der Waals surface area (Å²) in [5.41, 5.74) is 0.746. The standard InChI is InChI=1S/C20H15BrCl2N2O4S/c1-3-29-17-13(21)7-10(8-16(17)28-2)6-12-18(26)24-20(30)25(19(12)27)15-5-4-11(22)9-14(15)23/h4-9H,3H2,1-2H3,(H,24,26,30)/b12-6+. The minimum atomic E-state index is -0.615. The Labute approximate surface area is 196 Å². The van der Waals surface area contributed by atoms with Crippen molar-refractivity contribution in [2.45, 2.75) is 6.92 Å². The Bertz CT molecular complexity index is 1090. The van der Waals surface area contributed by atoms with E-state index in [9.17, 15) is 9.59 Å².